The summed E-state index contributed by atoms with van der Waals surface area (Å²) < 4.78 is 26.0. The number of rotatable bonds is 4. The topological polar surface area (TPSA) is 100 Å². The van der Waals surface area contributed by atoms with Crippen LogP contribution in [0.1, 0.15) is 11.1 Å². The lowest BCUT2D eigenvalue weighted by Gasteiger charge is -2.17. The Morgan fingerprint density at radius 2 is 2.10 bits per heavy atom. The fraction of sp³-hybridized carbons (Fsp3) is 0.143. The molecule has 0 aliphatic carbocycles. The van der Waals surface area contributed by atoms with Gasteiger partial charge in [0.15, 0.2) is 0 Å². The number of pyridine rings is 1. The minimum absolute atomic E-state index is 0.0916. The number of nitrogens with zero attached hydrogens (tertiary/aromatic N) is 3. The lowest BCUT2D eigenvalue weighted by atomic mass is 10.1. The molecule has 0 aliphatic heterocycles. The van der Waals surface area contributed by atoms with E-state index < -0.39 is 10.0 Å². The van der Waals surface area contributed by atoms with Gasteiger partial charge in [-0.3, -0.25) is 0 Å². The molecule has 0 amide bonds. The van der Waals surface area contributed by atoms with Crippen molar-refractivity contribution in [2.75, 3.05) is 12.8 Å². The molecule has 0 saturated heterocycles. The minimum atomic E-state index is -3.65. The molecule has 1 aromatic heterocycles. The normalized spacial score (nSPS) is 11.3. The smallest absolute Gasteiger partial charge is 0.243 e. The van der Waals surface area contributed by atoms with Crippen molar-refractivity contribution in [1.29, 1.82) is 5.26 Å². The van der Waals surface area contributed by atoms with E-state index in [4.69, 9.17) is 11.0 Å². The highest BCUT2D eigenvalue weighted by Gasteiger charge is 2.21. The number of nitrogens with two attached hydrogens (primary N) is 1. The molecule has 2 rings (SSSR count). The van der Waals surface area contributed by atoms with Crippen molar-refractivity contribution < 1.29 is 8.42 Å². The first-order chi connectivity index (χ1) is 9.93. The molecular weight excluding hydrogens is 288 g/mol. The van der Waals surface area contributed by atoms with Crippen molar-refractivity contribution in [1.82, 2.24) is 9.29 Å². The first kappa shape index (κ1) is 15.0. The average Bonchev–Trinajstić information content (AvgIpc) is 2.47. The van der Waals surface area contributed by atoms with E-state index >= 15 is 0 Å². The number of nitriles is 1. The quantitative estimate of drug-likeness (QED) is 0.919. The van der Waals surface area contributed by atoms with E-state index in [2.05, 4.69) is 4.98 Å². The van der Waals surface area contributed by atoms with Crippen LogP contribution in [0.4, 0.5) is 5.82 Å². The molecule has 0 aliphatic rings. The van der Waals surface area contributed by atoms with Gasteiger partial charge in [-0.2, -0.15) is 9.57 Å². The van der Waals surface area contributed by atoms with Crippen molar-refractivity contribution in [3.8, 4) is 6.07 Å². The molecule has 2 aromatic rings. The minimum Gasteiger partial charge on any atom is -0.384 e. The first-order valence-corrected chi connectivity index (χ1v) is 7.54. The largest absolute Gasteiger partial charge is 0.384 e. The zero-order valence-corrected chi connectivity index (χ0v) is 12.2. The lowest BCUT2D eigenvalue weighted by Crippen LogP contribution is -2.26. The summed E-state index contributed by atoms with van der Waals surface area (Å²) in [5.74, 6) is 0.149. The second-order valence-corrected chi connectivity index (χ2v) is 6.53. The summed E-state index contributed by atoms with van der Waals surface area (Å²) in [6.45, 7) is 0.167. The van der Waals surface area contributed by atoms with Crippen LogP contribution in [-0.4, -0.2) is 24.8 Å². The Bertz CT molecular complexity index is 797. The molecule has 7 heteroatoms. The van der Waals surface area contributed by atoms with Gasteiger partial charge >= 0.3 is 0 Å². The van der Waals surface area contributed by atoms with Crippen LogP contribution in [0.5, 0.6) is 0 Å². The molecule has 21 heavy (non-hydrogen) atoms. The summed E-state index contributed by atoms with van der Waals surface area (Å²) >= 11 is 0. The molecule has 1 aromatic carbocycles. The average molecular weight is 302 g/mol. The molecule has 0 atom stereocenters. The van der Waals surface area contributed by atoms with E-state index in [1.54, 1.807) is 24.3 Å². The van der Waals surface area contributed by atoms with Gasteiger partial charge < -0.3 is 5.73 Å². The summed E-state index contributed by atoms with van der Waals surface area (Å²) in [5, 5.41) is 8.86. The SMILES string of the molecule is CN(Cc1cccc(C#N)c1)S(=O)(=O)c1ccnc(N)c1. The Morgan fingerprint density at radius 1 is 1.33 bits per heavy atom. The predicted molar refractivity (Wildman–Crippen MR) is 78.5 cm³/mol. The summed E-state index contributed by atoms with van der Waals surface area (Å²) in [4.78, 5) is 3.87. The van der Waals surface area contributed by atoms with Gasteiger partial charge in [0.25, 0.3) is 0 Å². The summed E-state index contributed by atoms with van der Waals surface area (Å²) in [6, 6.07) is 11.6. The van der Waals surface area contributed by atoms with Crippen molar-refractivity contribution in [2.45, 2.75) is 11.4 Å². The van der Waals surface area contributed by atoms with Crippen molar-refractivity contribution in [3.05, 3.63) is 53.7 Å². The molecule has 0 saturated carbocycles. The Morgan fingerprint density at radius 3 is 2.76 bits per heavy atom. The molecular formula is C14H14N4O2S. The van der Waals surface area contributed by atoms with Crippen LogP contribution in [0.3, 0.4) is 0 Å². The highest BCUT2D eigenvalue weighted by atomic mass is 32.2. The Hall–Kier alpha value is -2.43. The van der Waals surface area contributed by atoms with Crippen molar-refractivity contribution >= 4 is 15.8 Å². The zero-order chi connectivity index (χ0) is 15.5. The number of benzene rings is 1. The molecule has 0 spiro atoms. The third-order valence-corrected chi connectivity index (χ3v) is 4.72. The van der Waals surface area contributed by atoms with Gasteiger partial charge in [-0.15, -0.1) is 0 Å². The highest BCUT2D eigenvalue weighted by Crippen LogP contribution is 2.18. The second kappa shape index (κ2) is 5.91. The summed E-state index contributed by atoms with van der Waals surface area (Å²) in [6.07, 6.45) is 1.35. The van der Waals surface area contributed by atoms with E-state index in [0.717, 1.165) is 5.56 Å². The van der Waals surface area contributed by atoms with Crippen LogP contribution in [-0.2, 0) is 16.6 Å². The van der Waals surface area contributed by atoms with Crippen LogP contribution in [0.25, 0.3) is 0 Å². The number of aromatic nitrogens is 1. The van der Waals surface area contributed by atoms with Gasteiger partial charge in [-0.1, -0.05) is 12.1 Å². The molecule has 108 valence electrons. The Balaban J connectivity index is 2.27. The fourth-order valence-corrected chi connectivity index (χ4v) is 3.03. The fourth-order valence-electron chi connectivity index (χ4n) is 1.85. The van der Waals surface area contributed by atoms with Gasteiger partial charge in [0.1, 0.15) is 5.82 Å². The maximum atomic E-state index is 12.4. The van der Waals surface area contributed by atoms with Crippen LogP contribution >= 0.6 is 0 Å². The Kier molecular flexibility index (Phi) is 4.21. The third-order valence-electron chi connectivity index (χ3n) is 2.92. The van der Waals surface area contributed by atoms with Gasteiger partial charge in [0.05, 0.1) is 16.5 Å². The van der Waals surface area contributed by atoms with E-state index in [0.29, 0.717) is 5.56 Å². The molecule has 6 nitrogen and oxygen atoms in total. The van der Waals surface area contributed by atoms with Crippen LogP contribution in [0.2, 0.25) is 0 Å². The van der Waals surface area contributed by atoms with E-state index in [9.17, 15) is 8.42 Å². The monoisotopic (exact) mass is 302 g/mol. The summed E-state index contributed by atoms with van der Waals surface area (Å²) in [5.41, 5.74) is 6.75. The molecule has 0 bridgehead atoms. The van der Waals surface area contributed by atoms with Crippen LogP contribution in [0, 0.1) is 11.3 Å². The molecule has 0 unspecified atom stereocenters. The zero-order valence-electron chi connectivity index (χ0n) is 11.4. The number of hydrogen-bond acceptors (Lipinski definition) is 5. The maximum Gasteiger partial charge on any atom is 0.243 e. The second-order valence-electron chi connectivity index (χ2n) is 4.49. The number of sulfonamides is 1. The van der Waals surface area contributed by atoms with Gasteiger partial charge in [-0.25, -0.2) is 13.4 Å². The third kappa shape index (κ3) is 3.37. The molecule has 0 radical (unpaired) electrons. The van der Waals surface area contributed by atoms with Crippen LogP contribution < -0.4 is 5.73 Å². The van der Waals surface area contributed by atoms with Gasteiger partial charge in [-0.05, 0) is 23.8 Å². The van der Waals surface area contributed by atoms with Crippen molar-refractivity contribution in [3.63, 3.8) is 0 Å². The van der Waals surface area contributed by atoms with Gasteiger partial charge in [0.2, 0.25) is 10.0 Å². The van der Waals surface area contributed by atoms with Crippen LogP contribution in [0.15, 0.2) is 47.5 Å². The first-order valence-electron chi connectivity index (χ1n) is 6.10. The highest BCUT2D eigenvalue weighted by molar-refractivity contribution is 7.89. The van der Waals surface area contributed by atoms with Gasteiger partial charge in [0, 0.05) is 25.9 Å². The molecule has 2 N–H and O–H groups in total. The standard InChI is InChI=1S/C14H14N4O2S/c1-18(10-12-4-2-3-11(7-12)9-15)21(19,20)13-5-6-17-14(16)8-13/h2-8H,10H2,1H3,(H2,16,17). The lowest BCUT2D eigenvalue weighted by molar-refractivity contribution is 0.466. The van der Waals surface area contributed by atoms with Crippen molar-refractivity contribution in [2.24, 2.45) is 0 Å². The molecule has 1 heterocycles. The van der Waals surface area contributed by atoms with E-state index in [1.807, 2.05) is 6.07 Å². The number of anilines is 1. The van der Waals surface area contributed by atoms with E-state index in [-0.39, 0.29) is 17.3 Å². The van der Waals surface area contributed by atoms with E-state index in [1.165, 1.54) is 29.7 Å². The predicted octanol–water partition coefficient (Wildman–Crippen LogP) is 1.36. The number of nitrogen functional groups attached to an aromatic ring is 1. The summed E-state index contributed by atoms with van der Waals surface area (Å²) in [7, 11) is -2.17. The Labute approximate surface area is 123 Å². The number of hydrogen-bond donors (Lipinski definition) is 1. The maximum absolute atomic E-state index is 12.4. The molecule has 0 fully saturated rings.